The molecule has 0 bridgehead atoms. The Morgan fingerprint density at radius 1 is 1.20 bits per heavy atom. The van der Waals surface area contributed by atoms with E-state index in [-0.39, 0.29) is 18.7 Å². The molecule has 0 saturated carbocycles. The van der Waals surface area contributed by atoms with Crippen LogP contribution >= 0.6 is 0 Å². The summed E-state index contributed by atoms with van der Waals surface area (Å²) in [7, 11) is 0. The van der Waals surface area contributed by atoms with E-state index >= 15 is 0 Å². The summed E-state index contributed by atoms with van der Waals surface area (Å²) >= 11 is 0. The van der Waals surface area contributed by atoms with Crippen LogP contribution in [-0.2, 0) is 4.79 Å². The summed E-state index contributed by atoms with van der Waals surface area (Å²) in [6.07, 6.45) is 4.01. The molecule has 1 aromatic carbocycles. The predicted octanol–water partition coefficient (Wildman–Crippen LogP) is 3.83. The van der Waals surface area contributed by atoms with Crippen LogP contribution in [0.1, 0.15) is 39.0 Å². The predicted molar refractivity (Wildman–Crippen MR) is 75.0 cm³/mol. The monoisotopic (exact) mass is 285 g/mol. The Kier molecular flexibility index (Phi) is 6.98. The van der Waals surface area contributed by atoms with Crippen LogP contribution in [-0.4, -0.2) is 24.2 Å². The van der Waals surface area contributed by atoms with E-state index in [1.807, 2.05) is 0 Å². The average molecular weight is 285 g/mol. The second kappa shape index (κ2) is 8.51. The summed E-state index contributed by atoms with van der Waals surface area (Å²) in [6, 6.07) is 3.39. The first-order chi connectivity index (χ1) is 9.54. The van der Waals surface area contributed by atoms with Crippen LogP contribution in [0.25, 0.3) is 0 Å². The minimum Gasteiger partial charge on any atom is -0.481 e. The second-order valence-corrected chi connectivity index (χ2v) is 4.79. The van der Waals surface area contributed by atoms with Crippen LogP contribution in [0.15, 0.2) is 18.2 Å². The van der Waals surface area contributed by atoms with Crippen molar-refractivity contribution in [3.8, 4) is 0 Å². The van der Waals surface area contributed by atoms with Crippen LogP contribution in [0.2, 0.25) is 0 Å². The highest BCUT2D eigenvalue weighted by atomic mass is 19.1. The molecule has 1 rings (SSSR count). The number of aliphatic carboxylic acids is 1. The normalized spacial score (nSPS) is 10.6. The zero-order chi connectivity index (χ0) is 15.0. The number of carboxylic acid groups (broad SMARTS) is 1. The minimum atomic E-state index is -0.925. The first-order valence-corrected chi connectivity index (χ1v) is 6.96. The Balaban J connectivity index is 2.71. The molecular weight excluding hydrogens is 264 g/mol. The van der Waals surface area contributed by atoms with Gasteiger partial charge >= 0.3 is 5.97 Å². The molecule has 0 aromatic heterocycles. The first-order valence-electron chi connectivity index (χ1n) is 6.96. The number of rotatable bonds is 9. The van der Waals surface area contributed by atoms with Gasteiger partial charge < -0.3 is 10.0 Å². The Bertz CT molecular complexity index is 438. The number of hydrogen-bond donors (Lipinski definition) is 1. The number of anilines is 1. The van der Waals surface area contributed by atoms with Gasteiger partial charge in [-0.25, -0.2) is 8.78 Å². The maximum atomic E-state index is 13.8. The summed E-state index contributed by atoms with van der Waals surface area (Å²) < 4.78 is 26.7. The molecule has 112 valence electrons. The van der Waals surface area contributed by atoms with E-state index in [9.17, 15) is 13.6 Å². The molecule has 0 heterocycles. The smallest absolute Gasteiger partial charge is 0.305 e. The van der Waals surface area contributed by atoms with E-state index in [1.54, 1.807) is 4.90 Å². The summed E-state index contributed by atoms with van der Waals surface area (Å²) in [4.78, 5) is 12.3. The van der Waals surface area contributed by atoms with Crippen LogP contribution in [0, 0.1) is 11.6 Å². The molecule has 0 saturated heterocycles. The molecule has 0 atom stereocenters. The highest BCUT2D eigenvalue weighted by molar-refractivity contribution is 5.67. The summed E-state index contributed by atoms with van der Waals surface area (Å²) in [5.41, 5.74) is 0.268. The molecule has 0 amide bonds. The molecule has 0 spiro atoms. The molecular formula is C15H21F2NO2. The lowest BCUT2D eigenvalue weighted by atomic mass is 10.2. The van der Waals surface area contributed by atoms with Gasteiger partial charge in [-0.15, -0.1) is 0 Å². The Labute approximate surface area is 118 Å². The summed E-state index contributed by atoms with van der Waals surface area (Å²) in [5, 5.41) is 8.75. The van der Waals surface area contributed by atoms with Gasteiger partial charge in [-0.2, -0.15) is 0 Å². The van der Waals surface area contributed by atoms with Gasteiger partial charge in [-0.1, -0.05) is 26.2 Å². The van der Waals surface area contributed by atoms with Gasteiger partial charge in [0.1, 0.15) is 11.6 Å². The van der Waals surface area contributed by atoms with Crippen molar-refractivity contribution in [2.75, 3.05) is 18.0 Å². The molecule has 0 radical (unpaired) electrons. The standard InChI is InChI=1S/C15H21F2NO2/c1-2-3-4-5-9-18(10-8-15(19)20)14-7-6-12(16)11-13(14)17/h6-7,11H,2-5,8-10H2,1H3,(H,19,20). The number of halogens is 2. The fourth-order valence-corrected chi connectivity index (χ4v) is 2.05. The minimum absolute atomic E-state index is 0.0649. The number of unbranched alkanes of at least 4 members (excludes halogenated alkanes) is 3. The number of carboxylic acids is 1. The molecule has 5 heteroatoms. The second-order valence-electron chi connectivity index (χ2n) is 4.79. The lowest BCUT2D eigenvalue weighted by Gasteiger charge is -2.24. The average Bonchev–Trinajstić information content (AvgIpc) is 2.38. The molecule has 0 aliphatic heterocycles. The van der Waals surface area contributed by atoms with E-state index in [2.05, 4.69) is 6.92 Å². The van der Waals surface area contributed by atoms with Crippen LogP contribution in [0.4, 0.5) is 14.5 Å². The Morgan fingerprint density at radius 3 is 2.55 bits per heavy atom. The summed E-state index contributed by atoms with van der Waals surface area (Å²) in [6.45, 7) is 2.90. The van der Waals surface area contributed by atoms with Crippen molar-refractivity contribution in [3.05, 3.63) is 29.8 Å². The van der Waals surface area contributed by atoms with Crippen molar-refractivity contribution in [2.45, 2.75) is 39.0 Å². The molecule has 3 nitrogen and oxygen atoms in total. The topological polar surface area (TPSA) is 40.5 Å². The van der Waals surface area contributed by atoms with E-state index < -0.39 is 17.6 Å². The molecule has 0 fully saturated rings. The van der Waals surface area contributed by atoms with E-state index in [1.165, 1.54) is 12.1 Å². The van der Waals surface area contributed by atoms with Gasteiger partial charge in [0.05, 0.1) is 12.1 Å². The van der Waals surface area contributed by atoms with Gasteiger partial charge in [-0.3, -0.25) is 4.79 Å². The highest BCUT2D eigenvalue weighted by Gasteiger charge is 2.13. The maximum Gasteiger partial charge on any atom is 0.305 e. The third-order valence-corrected chi connectivity index (χ3v) is 3.13. The Morgan fingerprint density at radius 2 is 1.95 bits per heavy atom. The van der Waals surface area contributed by atoms with Gasteiger partial charge in [0.25, 0.3) is 0 Å². The largest absolute Gasteiger partial charge is 0.481 e. The van der Waals surface area contributed by atoms with Crippen molar-refractivity contribution < 1.29 is 18.7 Å². The van der Waals surface area contributed by atoms with Crippen molar-refractivity contribution in [1.82, 2.24) is 0 Å². The van der Waals surface area contributed by atoms with Crippen molar-refractivity contribution in [3.63, 3.8) is 0 Å². The fourth-order valence-electron chi connectivity index (χ4n) is 2.05. The molecule has 20 heavy (non-hydrogen) atoms. The number of nitrogens with zero attached hydrogens (tertiary/aromatic N) is 1. The third-order valence-electron chi connectivity index (χ3n) is 3.13. The number of benzene rings is 1. The SMILES string of the molecule is CCCCCCN(CCC(=O)O)c1ccc(F)cc1F. The Hall–Kier alpha value is -1.65. The van der Waals surface area contributed by atoms with Gasteiger partial charge in [0, 0.05) is 19.2 Å². The van der Waals surface area contributed by atoms with Crippen LogP contribution in [0.3, 0.4) is 0 Å². The molecule has 0 unspecified atom stereocenters. The van der Waals surface area contributed by atoms with Gasteiger partial charge in [-0.05, 0) is 18.6 Å². The van der Waals surface area contributed by atoms with Gasteiger partial charge in [0.15, 0.2) is 0 Å². The maximum absolute atomic E-state index is 13.8. The lowest BCUT2D eigenvalue weighted by molar-refractivity contribution is -0.136. The first kappa shape index (κ1) is 16.4. The molecule has 1 aromatic rings. The molecule has 0 aliphatic carbocycles. The van der Waals surface area contributed by atoms with Crippen LogP contribution in [0.5, 0.6) is 0 Å². The highest BCUT2D eigenvalue weighted by Crippen LogP contribution is 2.21. The zero-order valence-corrected chi connectivity index (χ0v) is 11.7. The molecule has 0 aliphatic rings. The van der Waals surface area contributed by atoms with Crippen molar-refractivity contribution in [2.24, 2.45) is 0 Å². The van der Waals surface area contributed by atoms with Crippen molar-refractivity contribution >= 4 is 11.7 Å². The van der Waals surface area contributed by atoms with Gasteiger partial charge in [0.2, 0.25) is 0 Å². The summed E-state index contributed by atoms with van der Waals surface area (Å²) in [5.74, 6) is -2.20. The fraction of sp³-hybridized carbons (Fsp3) is 0.533. The van der Waals surface area contributed by atoms with E-state index in [0.29, 0.717) is 6.54 Å². The van der Waals surface area contributed by atoms with Crippen LogP contribution < -0.4 is 4.90 Å². The quantitative estimate of drug-likeness (QED) is 0.701. The van der Waals surface area contributed by atoms with E-state index in [4.69, 9.17) is 5.11 Å². The third kappa shape index (κ3) is 5.55. The molecule has 1 N–H and O–H groups in total. The number of carbonyl (C=O) groups is 1. The number of hydrogen-bond acceptors (Lipinski definition) is 2. The lowest BCUT2D eigenvalue weighted by Crippen LogP contribution is -2.28. The van der Waals surface area contributed by atoms with E-state index in [0.717, 1.165) is 31.7 Å². The van der Waals surface area contributed by atoms with Crippen molar-refractivity contribution in [1.29, 1.82) is 0 Å². The zero-order valence-electron chi connectivity index (χ0n) is 11.7.